The van der Waals surface area contributed by atoms with Crippen LogP contribution in [0.3, 0.4) is 0 Å². The van der Waals surface area contributed by atoms with E-state index in [0.717, 1.165) is 20.7 Å². The zero-order valence-electron chi connectivity index (χ0n) is 14.9. The summed E-state index contributed by atoms with van der Waals surface area (Å²) in [6.45, 7) is 20.4. The van der Waals surface area contributed by atoms with Crippen LogP contribution in [0.2, 0.25) is 19.0 Å². The molecule has 0 radical (unpaired) electrons. The predicted octanol–water partition coefficient (Wildman–Crippen LogP) is 5.19. The standard InChI is InChI=1S/C17H34GeO2/c1-11(2)18(12(3)4,13(5)6)16-10-17(9,15(8)19)20-14(16)7/h11-14,16H,10H2,1-9H3/t14-,16+,17+/m0/s1. The summed E-state index contributed by atoms with van der Waals surface area (Å²) in [5, 5.41) is 0. The molecule has 0 aliphatic carbocycles. The summed E-state index contributed by atoms with van der Waals surface area (Å²) in [4.78, 5) is 12.0. The molecule has 0 amide bonds. The van der Waals surface area contributed by atoms with Crippen molar-refractivity contribution in [2.24, 2.45) is 0 Å². The topological polar surface area (TPSA) is 26.3 Å². The normalized spacial score (nSPS) is 31.6. The molecule has 1 rings (SSSR count). The van der Waals surface area contributed by atoms with Gasteiger partial charge < -0.3 is 0 Å². The Morgan fingerprint density at radius 3 is 1.75 bits per heavy atom. The molecule has 0 unspecified atom stereocenters. The van der Waals surface area contributed by atoms with Gasteiger partial charge in [0, 0.05) is 0 Å². The molecule has 1 fully saturated rings. The van der Waals surface area contributed by atoms with Gasteiger partial charge >= 0.3 is 128 Å². The first-order valence-corrected chi connectivity index (χ1v) is 13.0. The average Bonchev–Trinajstić information content (AvgIpc) is 2.55. The van der Waals surface area contributed by atoms with Gasteiger partial charge in [0.05, 0.1) is 0 Å². The summed E-state index contributed by atoms with van der Waals surface area (Å²) in [7, 11) is 0. The molecule has 2 nitrogen and oxygen atoms in total. The van der Waals surface area contributed by atoms with Crippen molar-refractivity contribution in [1.82, 2.24) is 0 Å². The summed E-state index contributed by atoms with van der Waals surface area (Å²) < 4.78 is 9.10. The van der Waals surface area contributed by atoms with Crippen molar-refractivity contribution >= 4 is 19.0 Å². The van der Waals surface area contributed by atoms with Gasteiger partial charge in [0.2, 0.25) is 0 Å². The number of carbonyl (C=O) groups is 1. The first kappa shape index (κ1) is 18.2. The molecule has 20 heavy (non-hydrogen) atoms. The van der Waals surface area contributed by atoms with Crippen molar-refractivity contribution in [3.63, 3.8) is 0 Å². The van der Waals surface area contributed by atoms with Crippen molar-refractivity contribution in [3.05, 3.63) is 0 Å². The Kier molecular flexibility index (Phi) is 5.57. The van der Waals surface area contributed by atoms with Gasteiger partial charge in [-0.1, -0.05) is 0 Å². The minimum atomic E-state index is -2.19. The van der Waals surface area contributed by atoms with Crippen LogP contribution >= 0.6 is 0 Å². The first-order chi connectivity index (χ1) is 9.00. The fourth-order valence-electron chi connectivity index (χ4n) is 5.22. The maximum atomic E-state index is 12.0. The van der Waals surface area contributed by atoms with Crippen LogP contribution in [0.5, 0.6) is 0 Å². The molecule has 0 N–H and O–H groups in total. The SMILES string of the molecule is CC(=O)[C@@]1(C)C[C@@H]([Ge]([CH](C)C)([CH](C)C)[CH](C)C)[C@H](C)O1. The van der Waals surface area contributed by atoms with Crippen LogP contribution < -0.4 is 0 Å². The first-order valence-electron chi connectivity index (χ1n) is 8.19. The van der Waals surface area contributed by atoms with Crippen molar-refractivity contribution in [3.8, 4) is 0 Å². The number of carbonyl (C=O) groups excluding carboxylic acids is 1. The van der Waals surface area contributed by atoms with Crippen molar-refractivity contribution < 1.29 is 9.53 Å². The van der Waals surface area contributed by atoms with Crippen LogP contribution in [0.1, 0.15) is 68.7 Å². The molecule has 0 aromatic heterocycles. The molecular weight excluding hydrogens is 309 g/mol. The molecule has 0 aromatic rings. The summed E-state index contributed by atoms with van der Waals surface area (Å²) in [6, 6.07) is 0. The number of ether oxygens (including phenoxy) is 1. The van der Waals surface area contributed by atoms with Gasteiger partial charge in [0.25, 0.3) is 0 Å². The Balaban J connectivity index is 3.27. The van der Waals surface area contributed by atoms with E-state index in [1.165, 1.54) is 0 Å². The zero-order chi connectivity index (χ0) is 15.9. The Hall–Kier alpha value is 0.173. The van der Waals surface area contributed by atoms with Crippen molar-refractivity contribution in [2.45, 2.75) is 99.4 Å². The van der Waals surface area contributed by atoms with E-state index < -0.39 is 18.9 Å². The van der Waals surface area contributed by atoms with E-state index in [0.29, 0.717) is 4.75 Å². The van der Waals surface area contributed by atoms with Crippen LogP contribution in [-0.2, 0) is 9.53 Å². The Bertz CT molecular complexity index is 340. The summed E-state index contributed by atoms with van der Waals surface area (Å²) >= 11 is -2.19. The van der Waals surface area contributed by atoms with Gasteiger partial charge in [-0.25, -0.2) is 0 Å². The number of rotatable bonds is 5. The van der Waals surface area contributed by atoms with Gasteiger partial charge in [-0.3, -0.25) is 0 Å². The molecule has 118 valence electrons. The van der Waals surface area contributed by atoms with Gasteiger partial charge in [-0.05, 0) is 0 Å². The van der Waals surface area contributed by atoms with Crippen molar-refractivity contribution in [1.29, 1.82) is 0 Å². The second-order valence-corrected chi connectivity index (χ2v) is 20.9. The van der Waals surface area contributed by atoms with E-state index in [-0.39, 0.29) is 11.9 Å². The van der Waals surface area contributed by atoms with Gasteiger partial charge in [-0.2, -0.15) is 0 Å². The molecule has 0 spiro atoms. The molecule has 1 saturated heterocycles. The number of hydrogen-bond donors (Lipinski definition) is 0. The van der Waals surface area contributed by atoms with Gasteiger partial charge in [-0.15, -0.1) is 0 Å². The molecule has 0 saturated carbocycles. The number of ketones is 1. The summed E-state index contributed by atoms with van der Waals surface area (Å²) in [6.07, 6.45) is 1.17. The fraction of sp³-hybridized carbons (Fsp3) is 0.941. The maximum absolute atomic E-state index is 12.0. The molecule has 1 aliphatic rings. The van der Waals surface area contributed by atoms with Crippen LogP contribution in [-0.4, -0.2) is 30.8 Å². The minimum absolute atomic E-state index is 0.194. The van der Waals surface area contributed by atoms with Crippen molar-refractivity contribution in [2.75, 3.05) is 0 Å². The second kappa shape index (κ2) is 6.12. The third-order valence-electron chi connectivity index (χ3n) is 6.01. The average molecular weight is 343 g/mol. The van der Waals surface area contributed by atoms with E-state index in [9.17, 15) is 4.79 Å². The van der Waals surface area contributed by atoms with E-state index in [2.05, 4.69) is 48.5 Å². The molecular formula is C17H34GeO2. The Labute approximate surface area is 128 Å². The van der Waals surface area contributed by atoms with Gasteiger partial charge in [0.1, 0.15) is 0 Å². The van der Waals surface area contributed by atoms with E-state index in [1.807, 2.05) is 6.92 Å². The summed E-state index contributed by atoms with van der Waals surface area (Å²) in [5.74, 6) is 0.194. The van der Waals surface area contributed by atoms with Crippen LogP contribution in [0.4, 0.5) is 0 Å². The Morgan fingerprint density at radius 2 is 1.50 bits per heavy atom. The molecule has 3 atom stereocenters. The van der Waals surface area contributed by atoms with Crippen LogP contribution in [0.15, 0.2) is 0 Å². The number of hydrogen-bond acceptors (Lipinski definition) is 2. The van der Waals surface area contributed by atoms with E-state index >= 15 is 0 Å². The Morgan fingerprint density at radius 1 is 1.10 bits per heavy atom. The third kappa shape index (κ3) is 2.75. The zero-order valence-corrected chi connectivity index (χ0v) is 17.0. The molecule has 0 bridgehead atoms. The predicted molar refractivity (Wildman–Crippen MR) is 89.0 cm³/mol. The number of Topliss-reactive ketones (excluding diaryl/α,β-unsaturated/α-hetero) is 1. The molecule has 3 heteroatoms. The second-order valence-electron chi connectivity index (χ2n) is 7.88. The summed E-state index contributed by atoms with van der Waals surface area (Å²) in [5.41, 5.74) is -0.542. The molecule has 1 aliphatic heterocycles. The van der Waals surface area contributed by atoms with Crippen LogP contribution in [0.25, 0.3) is 0 Å². The molecule has 0 aromatic carbocycles. The monoisotopic (exact) mass is 344 g/mol. The molecule has 1 heterocycles. The quantitative estimate of drug-likeness (QED) is 0.642. The van der Waals surface area contributed by atoms with Crippen LogP contribution in [0, 0.1) is 0 Å². The fourth-order valence-corrected chi connectivity index (χ4v) is 22.4. The van der Waals surface area contributed by atoms with E-state index in [1.54, 1.807) is 6.92 Å². The third-order valence-corrected chi connectivity index (χ3v) is 22.7. The van der Waals surface area contributed by atoms with E-state index in [4.69, 9.17) is 4.74 Å². The van der Waals surface area contributed by atoms with Gasteiger partial charge in [0.15, 0.2) is 0 Å².